The van der Waals surface area contributed by atoms with Crippen molar-refractivity contribution in [3.05, 3.63) is 78.2 Å². The van der Waals surface area contributed by atoms with Crippen LogP contribution in [-0.2, 0) is 0 Å². The molecule has 116 valence electrons. The van der Waals surface area contributed by atoms with Crippen molar-refractivity contribution in [3.8, 4) is 16.9 Å². The van der Waals surface area contributed by atoms with Crippen LogP contribution in [0.15, 0.2) is 66.9 Å². The molecule has 0 amide bonds. The maximum absolute atomic E-state index is 4.75. The number of hydrogen-bond donors (Lipinski definition) is 1. The molecule has 4 aromatic rings. The second-order valence-corrected chi connectivity index (χ2v) is 5.20. The molecule has 6 nitrogen and oxygen atoms in total. The molecule has 24 heavy (non-hydrogen) atoms. The highest BCUT2D eigenvalue weighted by atomic mass is 15.5. The molecule has 0 saturated carbocycles. The van der Waals surface area contributed by atoms with Crippen molar-refractivity contribution < 1.29 is 0 Å². The SMILES string of the molecule is C(=Cc1cn(-c2ccccc2)nc1-c1ccccc1)c1nnn[nH]1. The number of tetrazole rings is 1. The van der Waals surface area contributed by atoms with Crippen LogP contribution in [0, 0.1) is 0 Å². The van der Waals surface area contributed by atoms with Crippen molar-refractivity contribution in [2.75, 3.05) is 0 Å². The summed E-state index contributed by atoms with van der Waals surface area (Å²) in [6.07, 6.45) is 5.79. The maximum Gasteiger partial charge on any atom is 0.172 e. The molecule has 6 heteroatoms. The summed E-state index contributed by atoms with van der Waals surface area (Å²) < 4.78 is 1.88. The molecule has 0 aliphatic heterocycles. The van der Waals surface area contributed by atoms with Gasteiger partial charge in [0.25, 0.3) is 0 Å². The van der Waals surface area contributed by atoms with E-state index in [2.05, 4.69) is 20.6 Å². The van der Waals surface area contributed by atoms with Crippen LogP contribution in [0.1, 0.15) is 11.4 Å². The second-order valence-electron chi connectivity index (χ2n) is 5.20. The molecule has 0 aliphatic rings. The van der Waals surface area contributed by atoms with Gasteiger partial charge in [-0.25, -0.2) is 9.78 Å². The van der Waals surface area contributed by atoms with Crippen molar-refractivity contribution in [1.82, 2.24) is 30.4 Å². The predicted octanol–water partition coefficient (Wildman–Crippen LogP) is 3.22. The van der Waals surface area contributed by atoms with Gasteiger partial charge in [-0.2, -0.15) is 5.10 Å². The van der Waals surface area contributed by atoms with Crippen molar-refractivity contribution in [2.45, 2.75) is 0 Å². The first-order chi connectivity index (χ1) is 11.9. The molecular weight excluding hydrogens is 300 g/mol. The van der Waals surface area contributed by atoms with E-state index in [4.69, 9.17) is 5.10 Å². The molecule has 0 saturated heterocycles. The number of hydrogen-bond acceptors (Lipinski definition) is 4. The first-order valence-electron chi connectivity index (χ1n) is 7.52. The van der Waals surface area contributed by atoms with Crippen LogP contribution in [0.2, 0.25) is 0 Å². The van der Waals surface area contributed by atoms with Gasteiger partial charge in [-0.05, 0) is 34.7 Å². The molecule has 2 heterocycles. The minimum Gasteiger partial charge on any atom is -0.240 e. The third-order valence-electron chi connectivity index (χ3n) is 3.59. The van der Waals surface area contributed by atoms with Gasteiger partial charge in [-0.1, -0.05) is 48.5 Å². The Kier molecular flexibility index (Phi) is 3.69. The van der Waals surface area contributed by atoms with E-state index in [9.17, 15) is 0 Å². The molecule has 2 aromatic heterocycles. The fourth-order valence-corrected chi connectivity index (χ4v) is 2.45. The highest BCUT2D eigenvalue weighted by molar-refractivity contribution is 5.77. The second kappa shape index (κ2) is 6.29. The lowest BCUT2D eigenvalue weighted by Gasteiger charge is -2.00. The first-order valence-corrected chi connectivity index (χ1v) is 7.52. The Morgan fingerprint density at radius 2 is 1.62 bits per heavy atom. The molecule has 0 bridgehead atoms. The smallest absolute Gasteiger partial charge is 0.172 e. The van der Waals surface area contributed by atoms with Crippen molar-refractivity contribution in [2.24, 2.45) is 0 Å². The predicted molar refractivity (Wildman–Crippen MR) is 92.1 cm³/mol. The van der Waals surface area contributed by atoms with E-state index in [1.165, 1.54) is 0 Å². The quantitative estimate of drug-likeness (QED) is 0.628. The fraction of sp³-hybridized carbons (Fsp3) is 0. The topological polar surface area (TPSA) is 72.3 Å². The largest absolute Gasteiger partial charge is 0.240 e. The molecule has 0 fully saturated rings. The van der Waals surface area contributed by atoms with Crippen LogP contribution >= 0.6 is 0 Å². The Bertz CT molecular complexity index is 940. The summed E-state index contributed by atoms with van der Waals surface area (Å²) in [7, 11) is 0. The van der Waals surface area contributed by atoms with E-state index in [0.717, 1.165) is 22.5 Å². The molecule has 4 rings (SSSR count). The average Bonchev–Trinajstić information content (AvgIpc) is 3.31. The fourth-order valence-electron chi connectivity index (χ4n) is 2.45. The Balaban J connectivity index is 1.80. The lowest BCUT2D eigenvalue weighted by atomic mass is 10.1. The van der Waals surface area contributed by atoms with Crippen molar-refractivity contribution in [3.63, 3.8) is 0 Å². The van der Waals surface area contributed by atoms with Crippen LogP contribution in [0.3, 0.4) is 0 Å². The molecule has 0 radical (unpaired) electrons. The number of aromatic amines is 1. The Hall–Kier alpha value is -3.54. The standard InChI is InChI=1S/C18H14N6/c1-3-7-14(8-4-1)18-15(11-12-17-19-22-23-20-17)13-24(21-18)16-9-5-2-6-10-16/h1-13H,(H,19,20,22,23). The van der Waals surface area contributed by atoms with Gasteiger partial charge in [0.2, 0.25) is 0 Å². The third kappa shape index (κ3) is 2.85. The average molecular weight is 314 g/mol. The summed E-state index contributed by atoms with van der Waals surface area (Å²) in [6, 6.07) is 20.1. The van der Waals surface area contributed by atoms with Gasteiger partial charge in [-0.3, -0.25) is 0 Å². The summed E-state index contributed by atoms with van der Waals surface area (Å²) in [5, 5.41) is 18.5. The van der Waals surface area contributed by atoms with Crippen LogP contribution in [0.25, 0.3) is 29.1 Å². The number of nitrogens with zero attached hydrogens (tertiary/aromatic N) is 5. The number of aromatic nitrogens is 6. The highest BCUT2D eigenvalue weighted by Gasteiger charge is 2.10. The number of nitrogens with one attached hydrogen (secondary N) is 1. The van der Waals surface area contributed by atoms with Gasteiger partial charge < -0.3 is 0 Å². The van der Waals surface area contributed by atoms with Crippen molar-refractivity contribution in [1.29, 1.82) is 0 Å². The van der Waals surface area contributed by atoms with E-state index in [1.807, 2.05) is 83.7 Å². The lowest BCUT2D eigenvalue weighted by molar-refractivity contribution is 0.881. The normalized spacial score (nSPS) is 11.2. The van der Waals surface area contributed by atoms with Crippen LogP contribution < -0.4 is 0 Å². The number of para-hydroxylation sites is 1. The minimum atomic E-state index is 0.599. The zero-order valence-electron chi connectivity index (χ0n) is 12.7. The highest BCUT2D eigenvalue weighted by Crippen LogP contribution is 2.25. The van der Waals surface area contributed by atoms with Gasteiger partial charge in [0.05, 0.1) is 11.4 Å². The van der Waals surface area contributed by atoms with E-state index in [1.54, 1.807) is 0 Å². The minimum absolute atomic E-state index is 0.599. The molecule has 0 atom stereocenters. The molecule has 1 N–H and O–H groups in total. The summed E-state index contributed by atoms with van der Waals surface area (Å²) in [6.45, 7) is 0. The molecular formula is C18H14N6. The molecule has 0 aliphatic carbocycles. The first kappa shape index (κ1) is 14.1. The van der Waals surface area contributed by atoms with Crippen LogP contribution in [-0.4, -0.2) is 30.4 Å². The Morgan fingerprint density at radius 3 is 2.33 bits per heavy atom. The molecule has 0 spiro atoms. The van der Waals surface area contributed by atoms with Gasteiger partial charge in [0, 0.05) is 17.3 Å². The number of H-pyrrole nitrogens is 1. The summed E-state index contributed by atoms with van der Waals surface area (Å²) >= 11 is 0. The summed E-state index contributed by atoms with van der Waals surface area (Å²) in [5.74, 6) is 0.599. The molecule has 2 aromatic carbocycles. The summed E-state index contributed by atoms with van der Waals surface area (Å²) in [4.78, 5) is 0. The van der Waals surface area contributed by atoms with Crippen molar-refractivity contribution >= 4 is 12.2 Å². The Morgan fingerprint density at radius 1 is 0.875 bits per heavy atom. The number of rotatable bonds is 4. The monoisotopic (exact) mass is 314 g/mol. The zero-order valence-corrected chi connectivity index (χ0v) is 12.7. The van der Waals surface area contributed by atoms with Crippen LogP contribution in [0.5, 0.6) is 0 Å². The van der Waals surface area contributed by atoms with Gasteiger partial charge >= 0.3 is 0 Å². The lowest BCUT2D eigenvalue weighted by Crippen LogP contribution is -1.93. The van der Waals surface area contributed by atoms with Crippen LogP contribution in [0.4, 0.5) is 0 Å². The summed E-state index contributed by atoms with van der Waals surface area (Å²) in [5.41, 5.74) is 3.96. The third-order valence-corrected chi connectivity index (χ3v) is 3.59. The molecule has 0 unspecified atom stereocenters. The van der Waals surface area contributed by atoms with Gasteiger partial charge in [0.15, 0.2) is 5.82 Å². The van der Waals surface area contributed by atoms with Gasteiger partial charge in [0.1, 0.15) is 0 Å². The van der Waals surface area contributed by atoms with E-state index >= 15 is 0 Å². The Labute approximate surface area is 138 Å². The van der Waals surface area contributed by atoms with E-state index in [-0.39, 0.29) is 0 Å². The zero-order chi connectivity index (χ0) is 16.2. The number of benzene rings is 2. The van der Waals surface area contributed by atoms with Gasteiger partial charge in [-0.15, -0.1) is 5.10 Å². The van der Waals surface area contributed by atoms with E-state index in [0.29, 0.717) is 5.82 Å². The van der Waals surface area contributed by atoms with E-state index < -0.39 is 0 Å². The maximum atomic E-state index is 4.75.